The second kappa shape index (κ2) is 12.6. The van der Waals surface area contributed by atoms with Crippen molar-refractivity contribution in [2.45, 2.75) is 64.9 Å². The number of carbonyl (C=O) groups is 1. The maximum absolute atomic E-state index is 11.4. The smallest absolute Gasteiger partial charge is 0.305 e. The number of benzene rings is 2. The van der Waals surface area contributed by atoms with E-state index in [0.717, 1.165) is 0 Å². The number of esters is 1. The molecule has 0 saturated heterocycles. The number of hydrogen-bond donors (Lipinski definition) is 0. The average Bonchev–Trinajstić information content (AvgIpc) is 2.77. The van der Waals surface area contributed by atoms with Crippen LogP contribution in [0.1, 0.15) is 47.5 Å². The molecule has 0 aliphatic rings. The molecule has 0 heterocycles. The molecular formula is C28H36O4Si. The van der Waals surface area contributed by atoms with E-state index in [-0.39, 0.29) is 11.1 Å². The van der Waals surface area contributed by atoms with Gasteiger partial charge in [-0.1, -0.05) is 87.5 Å². The van der Waals surface area contributed by atoms with Crippen LogP contribution in [-0.4, -0.2) is 33.3 Å². The van der Waals surface area contributed by atoms with E-state index in [1.807, 2.05) is 12.1 Å². The van der Waals surface area contributed by atoms with Gasteiger partial charge < -0.3 is 13.9 Å². The number of ether oxygens (including phenoxy) is 2. The Morgan fingerprint density at radius 3 is 2.03 bits per heavy atom. The van der Waals surface area contributed by atoms with Crippen molar-refractivity contribution >= 4 is 24.7 Å². The summed E-state index contributed by atoms with van der Waals surface area (Å²) < 4.78 is 18.2. The van der Waals surface area contributed by atoms with Gasteiger partial charge >= 0.3 is 5.97 Å². The fourth-order valence-electron chi connectivity index (χ4n) is 4.07. The third kappa shape index (κ3) is 7.16. The summed E-state index contributed by atoms with van der Waals surface area (Å²) in [7, 11) is -2.62. The van der Waals surface area contributed by atoms with Gasteiger partial charge in [0, 0.05) is 13.5 Å². The first kappa shape index (κ1) is 26.6. The Kier molecular flexibility index (Phi) is 10.1. The van der Waals surface area contributed by atoms with Gasteiger partial charge in [0.25, 0.3) is 14.6 Å². The minimum absolute atomic E-state index is 0.0988. The van der Waals surface area contributed by atoms with Gasteiger partial charge in [0.15, 0.2) is 0 Å². The molecule has 0 radical (unpaired) electrons. The first-order valence-electron chi connectivity index (χ1n) is 11.4. The van der Waals surface area contributed by atoms with Crippen molar-refractivity contribution in [3.63, 3.8) is 0 Å². The van der Waals surface area contributed by atoms with E-state index in [1.54, 1.807) is 13.0 Å². The van der Waals surface area contributed by atoms with E-state index < -0.39 is 20.6 Å². The average molecular weight is 465 g/mol. The normalized spacial score (nSPS) is 13.4. The third-order valence-electron chi connectivity index (χ3n) is 5.46. The molecule has 2 aromatic rings. The summed E-state index contributed by atoms with van der Waals surface area (Å²) in [5, 5.41) is 2.37. The van der Waals surface area contributed by atoms with Gasteiger partial charge in [0.1, 0.15) is 0 Å². The molecule has 0 spiro atoms. The Morgan fingerprint density at radius 1 is 1.06 bits per heavy atom. The Balaban J connectivity index is 2.32. The zero-order valence-electron chi connectivity index (χ0n) is 20.5. The van der Waals surface area contributed by atoms with Crippen LogP contribution in [0.5, 0.6) is 0 Å². The van der Waals surface area contributed by atoms with E-state index >= 15 is 0 Å². The fraction of sp³-hybridized carbons (Fsp3) is 0.393. The molecule has 0 saturated carbocycles. The van der Waals surface area contributed by atoms with Gasteiger partial charge in [-0.05, 0) is 41.1 Å². The van der Waals surface area contributed by atoms with Crippen molar-refractivity contribution in [2.24, 2.45) is 0 Å². The highest BCUT2D eigenvalue weighted by molar-refractivity contribution is 6.99. The number of carbonyl (C=O) groups excluding carboxylic acids is 1. The lowest BCUT2D eigenvalue weighted by molar-refractivity contribution is -0.173. The summed E-state index contributed by atoms with van der Waals surface area (Å²) in [6.07, 6.45) is 1.90. The zero-order valence-corrected chi connectivity index (χ0v) is 21.5. The van der Waals surface area contributed by atoms with E-state index in [4.69, 9.17) is 13.9 Å². The van der Waals surface area contributed by atoms with Crippen LogP contribution in [0, 0.1) is 11.8 Å². The standard InChI is InChI=1S/C28H36O4Si/c1-7-15-24(32-27(16-8-2)31-23(3)29)21-22-30-33(28(4,5)6,25-17-11-9-12-18-25)26-19-13-10-14-20-26/h7,9-14,17-20,24,27H,1,15,21-22H2,2-6H3/t24-,27?/m1/s1. The molecule has 0 aliphatic carbocycles. The molecule has 2 aromatic carbocycles. The Hall–Kier alpha value is -2.65. The summed E-state index contributed by atoms with van der Waals surface area (Å²) in [5.41, 5.74) is 0. The van der Waals surface area contributed by atoms with Crippen molar-refractivity contribution in [2.75, 3.05) is 6.61 Å². The highest BCUT2D eigenvalue weighted by Gasteiger charge is 2.50. The summed E-state index contributed by atoms with van der Waals surface area (Å²) in [6, 6.07) is 21.1. The van der Waals surface area contributed by atoms with E-state index in [1.165, 1.54) is 17.3 Å². The highest BCUT2D eigenvalue weighted by Crippen LogP contribution is 2.36. The van der Waals surface area contributed by atoms with Gasteiger partial charge in [-0.15, -0.1) is 12.5 Å². The lowest BCUT2D eigenvalue weighted by Crippen LogP contribution is -2.66. The molecule has 0 bridgehead atoms. The number of rotatable bonds is 11. The predicted octanol–water partition coefficient (Wildman–Crippen LogP) is 4.83. The lowest BCUT2D eigenvalue weighted by atomic mass is 10.2. The molecule has 1 unspecified atom stereocenters. The largest absolute Gasteiger partial charge is 0.424 e. The van der Waals surface area contributed by atoms with Crippen LogP contribution < -0.4 is 10.4 Å². The van der Waals surface area contributed by atoms with Crippen molar-refractivity contribution in [1.82, 2.24) is 0 Å². The van der Waals surface area contributed by atoms with Crippen LogP contribution in [0.2, 0.25) is 5.04 Å². The SMILES string of the molecule is C=CC[C@H](CCO[Si](c1ccccc1)(c1ccccc1)C(C)(C)C)OC(C#CC)OC(C)=O. The summed E-state index contributed by atoms with van der Waals surface area (Å²) >= 11 is 0. The molecule has 0 aliphatic heterocycles. The molecule has 0 aromatic heterocycles. The summed E-state index contributed by atoms with van der Waals surface area (Å²) in [6.45, 7) is 14.2. The topological polar surface area (TPSA) is 44.8 Å². The van der Waals surface area contributed by atoms with Crippen molar-refractivity contribution in [3.05, 3.63) is 73.3 Å². The molecule has 176 valence electrons. The van der Waals surface area contributed by atoms with Crippen molar-refractivity contribution in [1.29, 1.82) is 0 Å². The molecule has 2 atom stereocenters. The Morgan fingerprint density at radius 2 is 1.61 bits per heavy atom. The van der Waals surface area contributed by atoms with Crippen molar-refractivity contribution in [3.8, 4) is 11.8 Å². The Bertz CT molecular complexity index is 899. The first-order valence-corrected chi connectivity index (χ1v) is 13.3. The van der Waals surface area contributed by atoms with Crippen LogP contribution in [0.4, 0.5) is 0 Å². The molecular weight excluding hydrogens is 428 g/mol. The van der Waals surface area contributed by atoms with E-state index in [2.05, 4.69) is 87.7 Å². The van der Waals surface area contributed by atoms with Crippen molar-refractivity contribution < 1.29 is 18.7 Å². The van der Waals surface area contributed by atoms with Crippen LogP contribution in [0.25, 0.3) is 0 Å². The van der Waals surface area contributed by atoms with Gasteiger partial charge in [-0.3, -0.25) is 4.79 Å². The summed E-state index contributed by atoms with van der Waals surface area (Å²) in [4.78, 5) is 11.4. The second-order valence-corrected chi connectivity index (χ2v) is 13.2. The third-order valence-corrected chi connectivity index (χ3v) is 10.5. The molecule has 5 heteroatoms. The van der Waals surface area contributed by atoms with Crippen LogP contribution >= 0.6 is 0 Å². The number of hydrogen-bond acceptors (Lipinski definition) is 4. The van der Waals surface area contributed by atoms with Crippen LogP contribution in [-0.2, 0) is 18.7 Å². The predicted molar refractivity (Wildman–Crippen MR) is 137 cm³/mol. The van der Waals surface area contributed by atoms with E-state index in [9.17, 15) is 4.79 Å². The summed E-state index contributed by atoms with van der Waals surface area (Å²) in [5.74, 6) is 5.14. The Labute approximate surface area is 200 Å². The molecule has 33 heavy (non-hydrogen) atoms. The minimum atomic E-state index is -2.62. The lowest BCUT2D eigenvalue weighted by Gasteiger charge is -2.43. The van der Waals surface area contributed by atoms with Gasteiger partial charge in [-0.25, -0.2) is 0 Å². The molecule has 0 amide bonds. The van der Waals surface area contributed by atoms with Crippen LogP contribution in [0.3, 0.4) is 0 Å². The zero-order chi connectivity index (χ0) is 24.3. The maximum atomic E-state index is 11.4. The van der Waals surface area contributed by atoms with Gasteiger partial charge in [0.2, 0.25) is 0 Å². The molecule has 4 nitrogen and oxygen atoms in total. The minimum Gasteiger partial charge on any atom is -0.424 e. The molecule has 0 fully saturated rings. The highest BCUT2D eigenvalue weighted by atomic mass is 28.4. The first-order chi connectivity index (χ1) is 15.7. The fourth-order valence-corrected chi connectivity index (χ4v) is 8.65. The monoisotopic (exact) mass is 464 g/mol. The molecule has 0 N–H and O–H groups in total. The van der Waals surface area contributed by atoms with Gasteiger partial charge in [0.05, 0.1) is 6.10 Å². The van der Waals surface area contributed by atoms with Gasteiger partial charge in [-0.2, -0.15) is 0 Å². The van der Waals surface area contributed by atoms with Crippen LogP contribution in [0.15, 0.2) is 73.3 Å². The second-order valence-electron chi connectivity index (χ2n) is 8.92. The maximum Gasteiger partial charge on any atom is 0.305 e. The quantitative estimate of drug-likeness (QED) is 0.157. The van der Waals surface area contributed by atoms with E-state index in [0.29, 0.717) is 19.4 Å². The molecule has 2 rings (SSSR count).